The van der Waals surface area contributed by atoms with Crippen molar-refractivity contribution in [2.75, 3.05) is 11.9 Å². The Morgan fingerprint density at radius 2 is 2.29 bits per heavy atom. The summed E-state index contributed by atoms with van der Waals surface area (Å²) in [4.78, 5) is 32.2. The fraction of sp³-hybridized carbons (Fsp3) is 0.500. The normalized spacial score (nSPS) is 16.5. The van der Waals surface area contributed by atoms with Gasteiger partial charge in [0.15, 0.2) is 0 Å². The lowest BCUT2D eigenvalue weighted by molar-refractivity contribution is -0.120. The number of fused-ring (bicyclic) bond motifs is 1. The molecular weight excluding hydrogens is 310 g/mol. The van der Waals surface area contributed by atoms with E-state index in [4.69, 9.17) is 4.74 Å². The Kier molecular flexibility index (Phi) is 4.37. The number of aryl methyl sites for hydroxylation is 3. The van der Waals surface area contributed by atoms with E-state index in [0.717, 1.165) is 30.1 Å². The maximum atomic E-state index is 12.6. The average Bonchev–Trinajstić information content (AvgIpc) is 3.09. The summed E-state index contributed by atoms with van der Waals surface area (Å²) in [5, 5.41) is 6.87. The topological polar surface area (TPSA) is 102 Å². The molecule has 3 rings (SSSR count). The number of nitrogens with zero attached hydrogens (tertiary/aromatic N) is 3. The molecule has 0 fully saturated rings. The molecule has 1 aliphatic rings. The number of amides is 1. The first-order chi connectivity index (χ1) is 11.5. The van der Waals surface area contributed by atoms with Gasteiger partial charge in [0.1, 0.15) is 17.2 Å². The van der Waals surface area contributed by atoms with E-state index in [1.54, 1.807) is 14.0 Å². The van der Waals surface area contributed by atoms with Gasteiger partial charge in [-0.25, -0.2) is 9.78 Å². The van der Waals surface area contributed by atoms with E-state index in [9.17, 15) is 9.59 Å². The number of nitrogens with one attached hydrogen (secondary N) is 2. The smallest absolute Gasteiger partial charge is 0.343 e. The van der Waals surface area contributed by atoms with Crippen LogP contribution in [0, 0.1) is 12.8 Å². The van der Waals surface area contributed by atoms with Crippen LogP contribution in [-0.4, -0.2) is 38.2 Å². The van der Waals surface area contributed by atoms with Gasteiger partial charge in [-0.05, 0) is 26.7 Å². The summed E-state index contributed by atoms with van der Waals surface area (Å²) in [5.41, 5.74) is 2.33. The molecule has 0 radical (unpaired) electrons. The van der Waals surface area contributed by atoms with E-state index in [0.29, 0.717) is 12.2 Å². The number of H-pyrrole nitrogens is 1. The van der Waals surface area contributed by atoms with E-state index in [2.05, 4.69) is 20.4 Å². The van der Waals surface area contributed by atoms with Crippen LogP contribution in [0.4, 0.5) is 5.82 Å². The number of rotatable bonds is 4. The first-order valence-electron chi connectivity index (χ1n) is 8.04. The van der Waals surface area contributed by atoms with Gasteiger partial charge in [0, 0.05) is 25.1 Å². The molecule has 2 aromatic heterocycles. The summed E-state index contributed by atoms with van der Waals surface area (Å²) in [5.74, 6) is 0.461. The first kappa shape index (κ1) is 16.2. The van der Waals surface area contributed by atoms with Gasteiger partial charge in [0.2, 0.25) is 5.91 Å². The van der Waals surface area contributed by atoms with Crippen LogP contribution >= 0.6 is 0 Å². The van der Waals surface area contributed by atoms with Crippen LogP contribution in [0.25, 0.3) is 0 Å². The van der Waals surface area contributed by atoms with E-state index in [1.807, 2.05) is 6.92 Å². The van der Waals surface area contributed by atoms with Gasteiger partial charge in [-0.1, -0.05) is 0 Å². The number of hydrogen-bond acceptors (Lipinski definition) is 5. The number of imidazole rings is 1. The summed E-state index contributed by atoms with van der Waals surface area (Å²) >= 11 is 0. The number of aromatic amines is 1. The molecule has 1 amide bonds. The van der Waals surface area contributed by atoms with Gasteiger partial charge < -0.3 is 15.0 Å². The summed E-state index contributed by atoms with van der Waals surface area (Å²) < 4.78 is 6.47. The SMILES string of the molecule is CCOC(=O)c1cnn(C)c1NC(=O)C1CCc2nc(C)[nH]c2C1. The average molecular weight is 331 g/mol. The van der Waals surface area contributed by atoms with E-state index >= 15 is 0 Å². The summed E-state index contributed by atoms with van der Waals surface area (Å²) in [6.45, 7) is 3.92. The van der Waals surface area contributed by atoms with Crippen molar-refractivity contribution in [3.63, 3.8) is 0 Å². The van der Waals surface area contributed by atoms with Crippen molar-refractivity contribution in [1.29, 1.82) is 0 Å². The lowest BCUT2D eigenvalue weighted by atomic mass is 9.89. The van der Waals surface area contributed by atoms with Gasteiger partial charge in [0.05, 0.1) is 18.5 Å². The molecule has 8 heteroatoms. The number of carbonyl (C=O) groups excluding carboxylic acids is 2. The highest BCUT2D eigenvalue weighted by Gasteiger charge is 2.28. The monoisotopic (exact) mass is 331 g/mol. The quantitative estimate of drug-likeness (QED) is 0.824. The predicted octanol–water partition coefficient (Wildman–Crippen LogP) is 1.37. The van der Waals surface area contributed by atoms with Crippen LogP contribution in [0.5, 0.6) is 0 Å². The largest absolute Gasteiger partial charge is 0.462 e. The second-order valence-electron chi connectivity index (χ2n) is 5.93. The molecule has 1 aliphatic carbocycles. The van der Waals surface area contributed by atoms with Crippen molar-refractivity contribution in [3.05, 3.63) is 29.0 Å². The molecule has 0 saturated heterocycles. The molecule has 128 valence electrons. The highest BCUT2D eigenvalue weighted by Crippen LogP contribution is 2.25. The van der Waals surface area contributed by atoms with Crippen molar-refractivity contribution < 1.29 is 14.3 Å². The van der Waals surface area contributed by atoms with Crippen molar-refractivity contribution in [2.45, 2.75) is 33.1 Å². The number of ether oxygens (including phenoxy) is 1. The summed E-state index contributed by atoms with van der Waals surface area (Å²) in [6, 6.07) is 0. The molecule has 0 spiro atoms. The Morgan fingerprint density at radius 1 is 1.50 bits per heavy atom. The Balaban J connectivity index is 1.74. The zero-order valence-corrected chi connectivity index (χ0v) is 14.0. The third kappa shape index (κ3) is 3.04. The van der Waals surface area contributed by atoms with Gasteiger partial charge >= 0.3 is 5.97 Å². The molecule has 1 unspecified atom stereocenters. The molecule has 2 aromatic rings. The van der Waals surface area contributed by atoms with Gasteiger partial charge in [-0.3, -0.25) is 9.48 Å². The van der Waals surface area contributed by atoms with Gasteiger partial charge in [-0.2, -0.15) is 5.10 Å². The second-order valence-corrected chi connectivity index (χ2v) is 5.93. The fourth-order valence-corrected chi connectivity index (χ4v) is 3.01. The van der Waals surface area contributed by atoms with E-state index in [1.165, 1.54) is 10.9 Å². The molecule has 2 N–H and O–H groups in total. The third-order valence-electron chi connectivity index (χ3n) is 4.21. The highest BCUT2D eigenvalue weighted by molar-refractivity contribution is 6.00. The number of hydrogen-bond donors (Lipinski definition) is 2. The molecule has 1 atom stereocenters. The van der Waals surface area contributed by atoms with Crippen LogP contribution < -0.4 is 5.32 Å². The van der Waals surface area contributed by atoms with Gasteiger partial charge in [0.25, 0.3) is 0 Å². The predicted molar refractivity (Wildman–Crippen MR) is 86.6 cm³/mol. The summed E-state index contributed by atoms with van der Waals surface area (Å²) in [6.07, 6.45) is 3.53. The maximum absolute atomic E-state index is 12.6. The number of esters is 1. The second kappa shape index (κ2) is 6.46. The standard InChI is InChI=1S/C16H21N5O3/c1-4-24-16(23)11-8-17-21(3)14(11)20-15(22)10-5-6-12-13(7-10)19-9(2)18-12/h8,10H,4-7H2,1-3H3,(H,18,19)(H,20,22). The van der Waals surface area contributed by atoms with Crippen LogP contribution in [0.3, 0.4) is 0 Å². The lowest BCUT2D eigenvalue weighted by Crippen LogP contribution is -2.29. The van der Waals surface area contributed by atoms with Crippen LogP contribution in [0.15, 0.2) is 6.20 Å². The number of aromatic nitrogens is 4. The van der Waals surface area contributed by atoms with Crippen LogP contribution in [0.1, 0.15) is 40.9 Å². The minimum Gasteiger partial charge on any atom is -0.462 e. The van der Waals surface area contributed by atoms with Crippen LogP contribution in [0.2, 0.25) is 0 Å². The van der Waals surface area contributed by atoms with E-state index < -0.39 is 5.97 Å². The van der Waals surface area contributed by atoms with Crippen molar-refractivity contribution in [3.8, 4) is 0 Å². The molecule has 0 aliphatic heterocycles. The molecule has 0 bridgehead atoms. The Bertz CT molecular complexity index is 777. The number of carbonyl (C=O) groups is 2. The van der Waals surface area contributed by atoms with E-state index in [-0.39, 0.29) is 24.0 Å². The Labute approximate surface area is 139 Å². The fourth-order valence-electron chi connectivity index (χ4n) is 3.01. The van der Waals surface area contributed by atoms with Crippen molar-refractivity contribution in [2.24, 2.45) is 13.0 Å². The van der Waals surface area contributed by atoms with Crippen molar-refractivity contribution >= 4 is 17.7 Å². The zero-order chi connectivity index (χ0) is 17.3. The zero-order valence-electron chi connectivity index (χ0n) is 14.0. The highest BCUT2D eigenvalue weighted by atomic mass is 16.5. The maximum Gasteiger partial charge on any atom is 0.343 e. The van der Waals surface area contributed by atoms with Crippen molar-refractivity contribution in [1.82, 2.24) is 19.7 Å². The molecule has 0 aromatic carbocycles. The third-order valence-corrected chi connectivity index (χ3v) is 4.21. The molecule has 8 nitrogen and oxygen atoms in total. The van der Waals surface area contributed by atoms with Gasteiger partial charge in [-0.15, -0.1) is 0 Å². The minimum atomic E-state index is -0.490. The lowest BCUT2D eigenvalue weighted by Gasteiger charge is -2.20. The Hall–Kier alpha value is -2.64. The van der Waals surface area contributed by atoms with Crippen LogP contribution in [-0.2, 0) is 29.4 Å². The molecule has 24 heavy (non-hydrogen) atoms. The molecule has 0 saturated carbocycles. The summed E-state index contributed by atoms with van der Waals surface area (Å²) in [7, 11) is 1.68. The molecular formula is C16H21N5O3. The number of anilines is 1. The first-order valence-corrected chi connectivity index (χ1v) is 8.04. The Morgan fingerprint density at radius 3 is 3.04 bits per heavy atom. The minimum absolute atomic E-state index is 0.123. The molecule has 2 heterocycles.